The second kappa shape index (κ2) is 9.32. The lowest BCUT2D eigenvalue weighted by molar-refractivity contribution is -0.117. The number of carbonyl (C=O) groups is 2. The van der Waals surface area contributed by atoms with E-state index >= 15 is 0 Å². The minimum Gasteiger partial charge on any atom is -0.360 e. The molecule has 28 heavy (non-hydrogen) atoms. The molecule has 3 rings (SSSR count). The van der Waals surface area contributed by atoms with Gasteiger partial charge in [0.2, 0.25) is 5.91 Å². The van der Waals surface area contributed by atoms with E-state index in [1.165, 1.54) is 12.1 Å². The number of amides is 3. The van der Waals surface area contributed by atoms with Crippen molar-refractivity contribution < 1.29 is 18.5 Å². The van der Waals surface area contributed by atoms with E-state index in [-0.39, 0.29) is 24.3 Å². The van der Waals surface area contributed by atoms with Gasteiger partial charge in [0, 0.05) is 38.8 Å². The second-order valence-electron chi connectivity index (χ2n) is 6.74. The lowest BCUT2D eigenvalue weighted by Crippen LogP contribution is -2.53. The third kappa shape index (κ3) is 5.78. The van der Waals surface area contributed by atoms with Crippen LogP contribution in [-0.2, 0) is 11.2 Å². The van der Waals surface area contributed by atoms with Gasteiger partial charge in [0.05, 0.1) is 6.54 Å². The van der Waals surface area contributed by atoms with Gasteiger partial charge in [0.15, 0.2) is 5.82 Å². The average Bonchev–Trinajstić information content (AvgIpc) is 3.08. The van der Waals surface area contributed by atoms with E-state index < -0.39 is 0 Å². The predicted molar refractivity (Wildman–Crippen MR) is 101 cm³/mol. The van der Waals surface area contributed by atoms with E-state index in [9.17, 15) is 14.0 Å². The smallest absolute Gasteiger partial charge is 0.317 e. The number of urea groups is 1. The van der Waals surface area contributed by atoms with E-state index in [1.54, 1.807) is 30.0 Å². The van der Waals surface area contributed by atoms with E-state index in [0.29, 0.717) is 50.7 Å². The molecule has 3 amide bonds. The van der Waals surface area contributed by atoms with E-state index in [0.717, 1.165) is 5.56 Å². The monoisotopic (exact) mass is 389 g/mol. The molecular formula is C19H24FN5O3. The van der Waals surface area contributed by atoms with Gasteiger partial charge in [0.1, 0.15) is 11.6 Å². The highest BCUT2D eigenvalue weighted by molar-refractivity contribution is 5.91. The van der Waals surface area contributed by atoms with E-state index in [2.05, 4.69) is 15.8 Å². The molecule has 0 atom stereocenters. The van der Waals surface area contributed by atoms with Gasteiger partial charge in [-0.2, -0.15) is 0 Å². The summed E-state index contributed by atoms with van der Waals surface area (Å²) in [6.07, 6.45) is 0.647. The zero-order chi connectivity index (χ0) is 19.9. The molecule has 0 aliphatic carbocycles. The number of nitrogens with zero attached hydrogens (tertiary/aromatic N) is 3. The van der Waals surface area contributed by atoms with Gasteiger partial charge in [-0.3, -0.25) is 9.69 Å². The number of hydrogen-bond acceptors (Lipinski definition) is 5. The fourth-order valence-corrected chi connectivity index (χ4v) is 3.00. The molecule has 0 unspecified atom stereocenters. The number of rotatable bonds is 6. The van der Waals surface area contributed by atoms with Crippen LogP contribution in [0.15, 0.2) is 34.9 Å². The van der Waals surface area contributed by atoms with Crippen LogP contribution in [0.2, 0.25) is 0 Å². The quantitative estimate of drug-likeness (QED) is 0.784. The molecule has 150 valence electrons. The molecule has 0 radical (unpaired) electrons. The van der Waals surface area contributed by atoms with Crippen molar-refractivity contribution in [1.82, 2.24) is 20.3 Å². The maximum Gasteiger partial charge on any atom is 0.317 e. The molecule has 0 spiro atoms. The van der Waals surface area contributed by atoms with Crippen molar-refractivity contribution in [2.24, 2.45) is 0 Å². The summed E-state index contributed by atoms with van der Waals surface area (Å²) in [6, 6.07) is 7.79. The Kier molecular flexibility index (Phi) is 6.59. The van der Waals surface area contributed by atoms with Gasteiger partial charge in [-0.15, -0.1) is 0 Å². The van der Waals surface area contributed by atoms with Crippen LogP contribution in [0.25, 0.3) is 0 Å². The SMILES string of the molecule is Cc1cc(NC(=O)CN2CCN(C(=O)NCCc3ccc(F)cc3)CC2)no1. The highest BCUT2D eigenvalue weighted by atomic mass is 19.1. The summed E-state index contributed by atoms with van der Waals surface area (Å²) in [5.74, 6) is 0.608. The first-order valence-corrected chi connectivity index (χ1v) is 9.22. The fourth-order valence-electron chi connectivity index (χ4n) is 3.00. The van der Waals surface area contributed by atoms with Crippen molar-refractivity contribution in [3.8, 4) is 0 Å². The minimum absolute atomic E-state index is 0.121. The minimum atomic E-state index is -0.268. The van der Waals surface area contributed by atoms with Crippen LogP contribution in [0.5, 0.6) is 0 Å². The molecule has 1 aromatic carbocycles. The summed E-state index contributed by atoms with van der Waals surface area (Å²) in [5.41, 5.74) is 0.972. The molecule has 0 bridgehead atoms. The maximum absolute atomic E-state index is 12.9. The third-order valence-electron chi connectivity index (χ3n) is 4.53. The molecule has 1 aromatic heterocycles. The largest absolute Gasteiger partial charge is 0.360 e. The van der Waals surface area contributed by atoms with Crippen LogP contribution in [-0.4, -0.2) is 66.2 Å². The molecule has 0 saturated carbocycles. The molecule has 8 nitrogen and oxygen atoms in total. The van der Waals surface area contributed by atoms with Gasteiger partial charge in [-0.25, -0.2) is 9.18 Å². The normalized spacial score (nSPS) is 14.7. The molecule has 2 N–H and O–H groups in total. The number of benzene rings is 1. The van der Waals surface area contributed by atoms with Crippen molar-refractivity contribution in [2.75, 3.05) is 44.6 Å². The molecule has 2 heterocycles. The van der Waals surface area contributed by atoms with Crippen molar-refractivity contribution >= 4 is 17.8 Å². The van der Waals surface area contributed by atoms with Gasteiger partial charge in [-0.05, 0) is 31.0 Å². The number of halogens is 1. The second-order valence-corrected chi connectivity index (χ2v) is 6.74. The van der Waals surface area contributed by atoms with Crippen LogP contribution in [0.3, 0.4) is 0 Å². The number of anilines is 1. The molecule has 1 saturated heterocycles. The molecule has 1 aliphatic rings. The van der Waals surface area contributed by atoms with Crippen LogP contribution in [0.1, 0.15) is 11.3 Å². The van der Waals surface area contributed by atoms with Gasteiger partial charge in [0.25, 0.3) is 0 Å². The Hall–Kier alpha value is -2.94. The van der Waals surface area contributed by atoms with E-state index in [1.807, 2.05) is 4.90 Å². The summed E-state index contributed by atoms with van der Waals surface area (Å²) < 4.78 is 17.8. The summed E-state index contributed by atoms with van der Waals surface area (Å²) in [5, 5.41) is 9.31. The highest BCUT2D eigenvalue weighted by Crippen LogP contribution is 2.08. The highest BCUT2D eigenvalue weighted by Gasteiger charge is 2.22. The number of aromatic nitrogens is 1. The van der Waals surface area contributed by atoms with E-state index in [4.69, 9.17) is 4.52 Å². The van der Waals surface area contributed by atoms with Gasteiger partial charge in [-0.1, -0.05) is 17.3 Å². The topological polar surface area (TPSA) is 90.7 Å². The standard InChI is InChI=1S/C19H24FN5O3/c1-14-12-17(23-28-14)22-18(26)13-24-8-10-25(11-9-24)19(27)21-7-6-15-2-4-16(20)5-3-15/h2-5,12H,6-11,13H2,1H3,(H,21,27)(H,22,23,26). The Balaban J connectivity index is 1.34. The Labute approximate surface area is 162 Å². The van der Waals surface area contributed by atoms with Crippen molar-refractivity contribution in [2.45, 2.75) is 13.3 Å². The van der Waals surface area contributed by atoms with Crippen LogP contribution in [0, 0.1) is 12.7 Å². The molecule has 2 aromatic rings. The maximum atomic E-state index is 12.9. The van der Waals surface area contributed by atoms with Crippen molar-refractivity contribution in [3.05, 3.63) is 47.5 Å². The number of nitrogens with one attached hydrogen (secondary N) is 2. The first-order valence-electron chi connectivity index (χ1n) is 9.22. The number of carbonyl (C=O) groups excluding carboxylic acids is 2. The average molecular weight is 389 g/mol. The van der Waals surface area contributed by atoms with Gasteiger partial charge >= 0.3 is 6.03 Å². The number of aryl methyl sites for hydroxylation is 1. The zero-order valence-electron chi connectivity index (χ0n) is 15.8. The molecule has 1 aliphatic heterocycles. The number of piperazine rings is 1. The molecular weight excluding hydrogens is 365 g/mol. The first-order chi connectivity index (χ1) is 13.5. The van der Waals surface area contributed by atoms with Crippen molar-refractivity contribution in [1.29, 1.82) is 0 Å². The lowest BCUT2D eigenvalue weighted by atomic mass is 10.1. The Morgan fingerprint density at radius 1 is 1.18 bits per heavy atom. The summed E-state index contributed by atoms with van der Waals surface area (Å²) >= 11 is 0. The van der Waals surface area contributed by atoms with Crippen LogP contribution < -0.4 is 10.6 Å². The van der Waals surface area contributed by atoms with Crippen LogP contribution >= 0.6 is 0 Å². The first kappa shape index (κ1) is 19.8. The Morgan fingerprint density at radius 3 is 2.54 bits per heavy atom. The zero-order valence-corrected chi connectivity index (χ0v) is 15.8. The lowest BCUT2D eigenvalue weighted by Gasteiger charge is -2.34. The Bertz CT molecular complexity index is 800. The summed E-state index contributed by atoms with van der Waals surface area (Å²) in [6.45, 7) is 4.84. The third-order valence-corrected chi connectivity index (χ3v) is 4.53. The fraction of sp³-hybridized carbons (Fsp3) is 0.421. The van der Waals surface area contributed by atoms with Crippen molar-refractivity contribution in [3.63, 3.8) is 0 Å². The summed E-state index contributed by atoms with van der Waals surface area (Å²) in [4.78, 5) is 28.0. The molecule has 1 fully saturated rings. The van der Waals surface area contributed by atoms with Crippen LogP contribution in [0.4, 0.5) is 15.0 Å². The van der Waals surface area contributed by atoms with Gasteiger partial charge < -0.3 is 20.1 Å². The number of hydrogen-bond donors (Lipinski definition) is 2. The Morgan fingerprint density at radius 2 is 1.89 bits per heavy atom. The predicted octanol–water partition coefficient (Wildman–Crippen LogP) is 1.63. The molecule has 9 heteroatoms. The summed E-state index contributed by atoms with van der Waals surface area (Å²) in [7, 11) is 0.